The molecule has 0 spiro atoms. The molecule has 1 atom stereocenters. The molecule has 1 unspecified atom stereocenters. The lowest BCUT2D eigenvalue weighted by atomic mass is 9.62. The summed E-state index contributed by atoms with van der Waals surface area (Å²) in [6.07, 6.45) is 0.990. The van der Waals surface area contributed by atoms with E-state index in [1.807, 2.05) is 27.7 Å². The van der Waals surface area contributed by atoms with Gasteiger partial charge >= 0.3 is 0 Å². The summed E-state index contributed by atoms with van der Waals surface area (Å²) in [4.78, 5) is 0. The second-order valence-electron chi connectivity index (χ2n) is 7.64. The summed E-state index contributed by atoms with van der Waals surface area (Å²) in [5, 5.41) is 21.6. The first-order chi connectivity index (χ1) is 7.94. The summed E-state index contributed by atoms with van der Waals surface area (Å²) < 4.78 is 0. The highest BCUT2D eigenvalue weighted by Crippen LogP contribution is 2.44. The molecule has 0 bridgehead atoms. The van der Waals surface area contributed by atoms with Crippen molar-refractivity contribution in [1.29, 1.82) is 0 Å². The van der Waals surface area contributed by atoms with Crippen LogP contribution < -0.4 is 0 Å². The largest absolute Gasteiger partial charge is 0.392 e. The smallest absolute Gasteiger partial charge is 0.0728 e. The monoisotopic (exact) mass is 258 g/mol. The molecule has 0 amide bonds. The normalized spacial score (nSPS) is 15.8. The Hall–Kier alpha value is -0.0800. The van der Waals surface area contributed by atoms with Crippen molar-refractivity contribution >= 4 is 0 Å². The Balaban J connectivity index is 5.27. The topological polar surface area (TPSA) is 40.5 Å². The van der Waals surface area contributed by atoms with Gasteiger partial charge in [0.2, 0.25) is 0 Å². The van der Waals surface area contributed by atoms with Crippen molar-refractivity contribution in [3.8, 4) is 0 Å². The number of aliphatic hydroxyl groups excluding tert-OH is 1. The number of aliphatic hydroxyl groups is 2. The van der Waals surface area contributed by atoms with Crippen LogP contribution in [0.5, 0.6) is 0 Å². The van der Waals surface area contributed by atoms with Crippen LogP contribution in [0.3, 0.4) is 0 Å². The van der Waals surface area contributed by atoms with E-state index in [0.29, 0.717) is 11.8 Å². The van der Waals surface area contributed by atoms with Crippen molar-refractivity contribution in [3.05, 3.63) is 0 Å². The van der Waals surface area contributed by atoms with Gasteiger partial charge in [-0.1, -0.05) is 55.4 Å². The molecular formula is C16H34O2. The van der Waals surface area contributed by atoms with Crippen LogP contribution in [0.15, 0.2) is 0 Å². The van der Waals surface area contributed by atoms with E-state index in [4.69, 9.17) is 0 Å². The van der Waals surface area contributed by atoms with E-state index in [9.17, 15) is 10.2 Å². The van der Waals surface area contributed by atoms with E-state index < -0.39 is 17.1 Å². The van der Waals surface area contributed by atoms with E-state index in [0.717, 1.165) is 12.8 Å². The Morgan fingerprint density at radius 2 is 1.17 bits per heavy atom. The van der Waals surface area contributed by atoms with Crippen LogP contribution in [0.25, 0.3) is 0 Å². The van der Waals surface area contributed by atoms with Crippen molar-refractivity contribution in [1.82, 2.24) is 0 Å². The zero-order chi connectivity index (χ0) is 14.7. The molecule has 0 saturated carbocycles. The third-order valence-electron chi connectivity index (χ3n) is 4.06. The molecule has 0 aromatic carbocycles. The van der Waals surface area contributed by atoms with Crippen molar-refractivity contribution in [3.63, 3.8) is 0 Å². The predicted octanol–water partition coefficient (Wildman–Crippen LogP) is 3.85. The van der Waals surface area contributed by atoms with Gasteiger partial charge in [-0.2, -0.15) is 0 Å². The first kappa shape index (κ1) is 17.9. The van der Waals surface area contributed by atoms with Gasteiger partial charge < -0.3 is 10.2 Å². The van der Waals surface area contributed by atoms with Crippen molar-refractivity contribution in [2.24, 2.45) is 23.2 Å². The lowest BCUT2D eigenvalue weighted by molar-refractivity contribution is -0.156. The number of hydrogen-bond donors (Lipinski definition) is 2. The molecule has 0 saturated heterocycles. The average molecular weight is 258 g/mol. The molecule has 18 heavy (non-hydrogen) atoms. The highest BCUT2D eigenvalue weighted by atomic mass is 16.3. The maximum atomic E-state index is 11.1. The van der Waals surface area contributed by atoms with Gasteiger partial charge in [-0.25, -0.2) is 0 Å². The summed E-state index contributed by atoms with van der Waals surface area (Å²) in [5.41, 5.74) is -1.30. The van der Waals surface area contributed by atoms with Crippen molar-refractivity contribution in [2.75, 3.05) is 0 Å². The third kappa shape index (κ3) is 4.24. The SMILES string of the molecule is CC(C)CC(O)(CC(C)C)C(C)(C)C(O)C(C)C. The fraction of sp³-hybridized carbons (Fsp3) is 1.00. The first-order valence-corrected chi connectivity index (χ1v) is 7.34. The van der Waals surface area contributed by atoms with Crippen LogP contribution in [-0.4, -0.2) is 21.9 Å². The van der Waals surface area contributed by atoms with E-state index >= 15 is 0 Å². The van der Waals surface area contributed by atoms with Crippen LogP contribution in [-0.2, 0) is 0 Å². The summed E-state index contributed by atoms with van der Waals surface area (Å²) in [5.74, 6) is 1.01. The Kier molecular flexibility index (Phi) is 6.35. The van der Waals surface area contributed by atoms with Crippen molar-refractivity contribution in [2.45, 2.75) is 79.9 Å². The lowest BCUT2D eigenvalue weighted by Crippen LogP contribution is -2.54. The Labute approximate surface area is 114 Å². The number of rotatable bonds is 7. The fourth-order valence-corrected chi connectivity index (χ4v) is 3.07. The van der Waals surface area contributed by atoms with Crippen LogP contribution in [0.2, 0.25) is 0 Å². The molecule has 0 rings (SSSR count). The molecule has 2 heteroatoms. The van der Waals surface area contributed by atoms with E-state index in [1.54, 1.807) is 0 Å². The second-order valence-corrected chi connectivity index (χ2v) is 7.64. The van der Waals surface area contributed by atoms with Crippen LogP contribution in [0, 0.1) is 23.2 Å². The average Bonchev–Trinajstić information content (AvgIpc) is 2.13. The molecule has 0 radical (unpaired) electrons. The molecule has 0 fully saturated rings. The number of hydrogen-bond acceptors (Lipinski definition) is 2. The Bertz CT molecular complexity index is 231. The molecule has 0 aliphatic rings. The van der Waals surface area contributed by atoms with E-state index in [1.165, 1.54) is 0 Å². The zero-order valence-corrected chi connectivity index (χ0v) is 13.6. The maximum Gasteiger partial charge on any atom is 0.0728 e. The van der Waals surface area contributed by atoms with Crippen LogP contribution >= 0.6 is 0 Å². The third-order valence-corrected chi connectivity index (χ3v) is 4.06. The molecule has 0 aliphatic heterocycles. The van der Waals surface area contributed by atoms with Gasteiger partial charge in [-0.05, 0) is 30.6 Å². The maximum absolute atomic E-state index is 11.1. The molecule has 2 nitrogen and oxygen atoms in total. The van der Waals surface area contributed by atoms with Crippen LogP contribution in [0.4, 0.5) is 0 Å². The highest BCUT2D eigenvalue weighted by molar-refractivity contribution is 4.99. The Morgan fingerprint density at radius 1 is 0.833 bits per heavy atom. The van der Waals surface area contributed by atoms with E-state index in [2.05, 4.69) is 27.7 Å². The standard InChI is InChI=1S/C16H34O2/c1-11(2)9-16(18,10-12(3)4)15(7,8)14(17)13(5)6/h11-14,17-18H,9-10H2,1-8H3. The molecule has 0 aliphatic carbocycles. The minimum Gasteiger partial charge on any atom is -0.392 e. The quantitative estimate of drug-likeness (QED) is 0.728. The van der Waals surface area contributed by atoms with Gasteiger partial charge in [0.25, 0.3) is 0 Å². The van der Waals surface area contributed by atoms with Gasteiger partial charge in [0.15, 0.2) is 0 Å². The molecule has 0 aromatic heterocycles. The molecular weight excluding hydrogens is 224 g/mol. The van der Waals surface area contributed by atoms with Gasteiger partial charge in [0.1, 0.15) is 0 Å². The molecule has 0 aromatic rings. The summed E-state index contributed by atoms with van der Waals surface area (Å²) in [6, 6.07) is 0. The predicted molar refractivity (Wildman–Crippen MR) is 78.5 cm³/mol. The van der Waals surface area contributed by atoms with Crippen LogP contribution in [0.1, 0.15) is 68.2 Å². The van der Waals surface area contributed by atoms with E-state index in [-0.39, 0.29) is 5.92 Å². The summed E-state index contributed by atoms with van der Waals surface area (Å²) >= 11 is 0. The highest BCUT2D eigenvalue weighted by Gasteiger charge is 2.48. The van der Waals surface area contributed by atoms with Gasteiger partial charge in [0.05, 0.1) is 11.7 Å². The molecule has 110 valence electrons. The first-order valence-electron chi connectivity index (χ1n) is 7.34. The van der Waals surface area contributed by atoms with Gasteiger partial charge in [-0.3, -0.25) is 0 Å². The Morgan fingerprint density at radius 3 is 1.39 bits per heavy atom. The minimum absolute atomic E-state index is 0.158. The second kappa shape index (κ2) is 6.38. The fourth-order valence-electron chi connectivity index (χ4n) is 3.07. The molecule has 2 N–H and O–H groups in total. The molecule has 0 heterocycles. The summed E-state index contributed by atoms with van der Waals surface area (Å²) in [6.45, 7) is 16.5. The summed E-state index contributed by atoms with van der Waals surface area (Å²) in [7, 11) is 0. The van der Waals surface area contributed by atoms with Gasteiger partial charge in [0, 0.05) is 5.41 Å². The lowest BCUT2D eigenvalue weighted by Gasteiger charge is -2.48. The minimum atomic E-state index is -0.807. The van der Waals surface area contributed by atoms with Crippen molar-refractivity contribution < 1.29 is 10.2 Å². The zero-order valence-electron chi connectivity index (χ0n) is 13.6. The van der Waals surface area contributed by atoms with Gasteiger partial charge in [-0.15, -0.1) is 0 Å².